The Morgan fingerprint density at radius 3 is 2.71 bits per heavy atom. The molecule has 21 heavy (non-hydrogen) atoms. The third-order valence-electron chi connectivity index (χ3n) is 3.80. The summed E-state index contributed by atoms with van der Waals surface area (Å²) in [6.07, 6.45) is 6.58. The molecule has 0 bridgehead atoms. The molecule has 1 fully saturated rings. The average molecular weight is 309 g/mol. The van der Waals surface area contributed by atoms with Gasteiger partial charge in [0.05, 0.1) is 12.2 Å². The number of esters is 1. The predicted molar refractivity (Wildman–Crippen MR) is 84.8 cm³/mol. The fourth-order valence-electron chi connectivity index (χ4n) is 2.80. The van der Waals surface area contributed by atoms with Crippen molar-refractivity contribution in [2.45, 2.75) is 52.4 Å². The number of aryl methyl sites for hydroxylation is 1. The van der Waals surface area contributed by atoms with E-state index in [0.717, 1.165) is 17.7 Å². The molecule has 1 amide bonds. The van der Waals surface area contributed by atoms with E-state index in [1.165, 1.54) is 30.6 Å². The maximum atomic E-state index is 12.2. The largest absolute Gasteiger partial charge is 0.462 e. The molecule has 0 aliphatic heterocycles. The van der Waals surface area contributed by atoms with Crippen molar-refractivity contribution in [1.82, 2.24) is 0 Å². The highest BCUT2D eigenvalue weighted by Crippen LogP contribution is 2.30. The molecule has 5 heteroatoms. The SMILES string of the molecule is CCOC(=O)c1cc(C)sc1NC(=O)CC1CCCCC1. The molecule has 0 spiro atoms. The van der Waals surface area contributed by atoms with Gasteiger partial charge in [0, 0.05) is 11.3 Å². The molecule has 1 saturated carbocycles. The Morgan fingerprint density at radius 2 is 2.05 bits per heavy atom. The fraction of sp³-hybridized carbons (Fsp3) is 0.625. The standard InChI is InChI=1S/C16H23NO3S/c1-3-20-16(19)13-9-11(2)21-15(13)17-14(18)10-12-7-5-4-6-8-12/h9,12H,3-8,10H2,1-2H3,(H,17,18). The van der Waals surface area contributed by atoms with Crippen LogP contribution >= 0.6 is 11.3 Å². The Labute approximate surface area is 129 Å². The van der Waals surface area contributed by atoms with Gasteiger partial charge in [-0.05, 0) is 38.7 Å². The number of carbonyl (C=O) groups excluding carboxylic acids is 2. The van der Waals surface area contributed by atoms with Gasteiger partial charge in [-0.25, -0.2) is 4.79 Å². The molecule has 1 heterocycles. The Bertz CT molecular complexity index is 504. The average Bonchev–Trinajstić information content (AvgIpc) is 2.81. The van der Waals surface area contributed by atoms with Crippen molar-refractivity contribution in [3.8, 4) is 0 Å². The lowest BCUT2D eigenvalue weighted by Gasteiger charge is -2.20. The van der Waals surface area contributed by atoms with Crippen LogP contribution in [0.2, 0.25) is 0 Å². The number of hydrogen-bond acceptors (Lipinski definition) is 4. The summed E-state index contributed by atoms with van der Waals surface area (Å²) in [5.74, 6) is 0.134. The van der Waals surface area contributed by atoms with Gasteiger partial charge >= 0.3 is 5.97 Å². The van der Waals surface area contributed by atoms with Crippen LogP contribution in [0.15, 0.2) is 6.07 Å². The molecule has 0 radical (unpaired) electrons. The van der Waals surface area contributed by atoms with Crippen LogP contribution in [-0.2, 0) is 9.53 Å². The molecule has 1 aromatic heterocycles. The molecule has 2 rings (SSSR count). The van der Waals surface area contributed by atoms with Crippen LogP contribution in [-0.4, -0.2) is 18.5 Å². The van der Waals surface area contributed by atoms with Gasteiger partial charge in [0.15, 0.2) is 0 Å². The summed E-state index contributed by atoms with van der Waals surface area (Å²) in [5, 5.41) is 3.51. The highest BCUT2D eigenvalue weighted by Gasteiger charge is 2.21. The molecule has 0 aromatic carbocycles. The van der Waals surface area contributed by atoms with Crippen LogP contribution in [0.25, 0.3) is 0 Å². The molecule has 0 atom stereocenters. The molecule has 1 aliphatic carbocycles. The maximum Gasteiger partial charge on any atom is 0.341 e. The van der Waals surface area contributed by atoms with E-state index in [1.54, 1.807) is 13.0 Å². The normalized spacial score (nSPS) is 15.7. The molecule has 0 saturated heterocycles. The fourth-order valence-corrected chi connectivity index (χ4v) is 3.71. The summed E-state index contributed by atoms with van der Waals surface area (Å²) in [5.41, 5.74) is 0.469. The first-order chi connectivity index (χ1) is 10.1. The van der Waals surface area contributed by atoms with Crippen LogP contribution in [0.3, 0.4) is 0 Å². The maximum absolute atomic E-state index is 12.2. The topological polar surface area (TPSA) is 55.4 Å². The van der Waals surface area contributed by atoms with Gasteiger partial charge in [0.25, 0.3) is 0 Å². The number of thiophene rings is 1. The van der Waals surface area contributed by atoms with Gasteiger partial charge in [-0.2, -0.15) is 0 Å². The summed E-state index contributed by atoms with van der Waals surface area (Å²) in [4.78, 5) is 25.0. The van der Waals surface area contributed by atoms with Crippen LogP contribution in [0.5, 0.6) is 0 Å². The predicted octanol–water partition coefficient (Wildman–Crippen LogP) is 4.14. The number of anilines is 1. The first-order valence-corrected chi connectivity index (χ1v) is 8.49. The first-order valence-electron chi connectivity index (χ1n) is 7.67. The zero-order chi connectivity index (χ0) is 15.2. The van der Waals surface area contributed by atoms with Crippen LogP contribution < -0.4 is 5.32 Å². The quantitative estimate of drug-likeness (QED) is 0.832. The molecular formula is C16H23NO3S. The van der Waals surface area contributed by atoms with E-state index >= 15 is 0 Å². The Kier molecular flexibility index (Phi) is 5.79. The zero-order valence-corrected chi connectivity index (χ0v) is 13.6. The molecule has 0 unspecified atom stereocenters. The van der Waals surface area contributed by atoms with Gasteiger partial charge in [-0.1, -0.05) is 19.3 Å². The van der Waals surface area contributed by atoms with Crippen molar-refractivity contribution in [1.29, 1.82) is 0 Å². The van der Waals surface area contributed by atoms with Crippen LogP contribution in [0.4, 0.5) is 5.00 Å². The third kappa shape index (κ3) is 4.56. The zero-order valence-electron chi connectivity index (χ0n) is 12.7. The third-order valence-corrected chi connectivity index (χ3v) is 4.77. The van der Waals surface area contributed by atoms with Crippen molar-refractivity contribution in [3.63, 3.8) is 0 Å². The number of hydrogen-bond donors (Lipinski definition) is 1. The molecule has 4 nitrogen and oxygen atoms in total. The Hall–Kier alpha value is -1.36. The second-order valence-corrected chi connectivity index (χ2v) is 6.83. The van der Waals surface area contributed by atoms with Gasteiger partial charge in [-0.15, -0.1) is 11.3 Å². The lowest BCUT2D eigenvalue weighted by Crippen LogP contribution is -2.19. The monoisotopic (exact) mass is 309 g/mol. The molecular weight excluding hydrogens is 286 g/mol. The number of nitrogens with one attached hydrogen (secondary N) is 1. The Balaban J connectivity index is 1.98. The minimum absolute atomic E-state index is 0.00861. The number of carbonyl (C=O) groups is 2. The van der Waals surface area contributed by atoms with E-state index in [1.807, 2.05) is 6.92 Å². The molecule has 1 aliphatic rings. The summed E-state index contributed by atoms with van der Waals surface area (Å²) >= 11 is 1.43. The van der Waals surface area contributed by atoms with Crippen molar-refractivity contribution < 1.29 is 14.3 Å². The van der Waals surface area contributed by atoms with Gasteiger partial charge in [0.2, 0.25) is 5.91 Å². The minimum atomic E-state index is -0.366. The van der Waals surface area contributed by atoms with Gasteiger partial charge < -0.3 is 10.1 Å². The lowest BCUT2D eigenvalue weighted by molar-refractivity contribution is -0.117. The summed E-state index contributed by atoms with van der Waals surface area (Å²) in [6, 6.07) is 1.78. The summed E-state index contributed by atoms with van der Waals surface area (Å²) in [7, 11) is 0. The van der Waals surface area contributed by atoms with Crippen LogP contribution in [0.1, 0.15) is 60.7 Å². The highest BCUT2D eigenvalue weighted by molar-refractivity contribution is 7.16. The van der Waals surface area contributed by atoms with E-state index in [0.29, 0.717) is 29.5 Å². The van der Waals surface area contributed by atoms with E-state index in [4.69, 9.17) is 4.74 Å². The van der Waals surface area contributed by atoms with Crippen molar-refractivity contribution >= 4 is 28.2 Å². The van der Waals surface area contributed by atoms with Crippen LogP contribution in [0, 0.1) is 12.8 Å². The van der Waals surface area contributed by atoms with Crippen molar-refractivity contribution in [3.05, 3.63) is 16.5 Å². The molecule has 1 N–H and O–H groups in total. The molecule has 1 aromatic rings. The van der Waals surface area contributed by atoms with Crippen molar-refractivity contribution in [2.75, 3.05) is 11.9 Å². The van der Waals surface area contributed by atoms with Crippen molar-refractivity contribution in [2.24, 2.45) is 5.92 Å². The number of rotatable bonds is 5. The van der Waals surface area contributed by atoms with E-state index in [-0.39, 0.29) is 11.9 Å². The lowest BCUT2D eigenvalue weighted by atomic mass is 9.87. The summed E-state index contributed by atoms with van der Waals surface area (Å²) < 4.78 is 5.03. The van der Waals surface area contributed by atoms with E-state index in [2.05, 4.69) is 5.32 Å². The van der Waals surface area contributed by atoms with E-state index in [9.17, 15) is 9.59 Å². The van der Waals surface area contributed by atoms with E-state index < -0.39 is 0 Å². The highest BCUT2D eigenvalue weighted by atomic mass is 32.1. The number of amides is 1. The second-order valence-electron chi connectivity index (χ2n) is 5.58. The van der Waals surface area contributed by atoms with Gasteiger partial charge in [-0.3, -0.25) is 4.79 Å². The number of ether oxygens (including phenoxy) is 1. The first kappa shape index (κ1) is 16.0. The smallest absolute Gasteiger partial charge is 0.341 e. The minimum Gasteiger partial charge on any atom is -0.462 e. The summed E-state index contributed by atoms with van der Waals surface area (Å²) in [6.45, 7) is 4.03. The molecule has 116 valence electrons. The second kappa shape index (κ2) is 7.59. The Morgan fingerprint density at radius 1 is 1.33 bits per heavy atom. The van der Waals surface area contributed by atoms with Gasteiger partial charge in [0.1, 0.15) is 5.00 Å².